The molecule has 0 radical (unpaired) electrons. The summed E-state index contributed by atoms with van der Waals surface area (Å²) in [5.74, 6) is -2.24. The van der Waals surface area contributed by atoms with Crippen LogP contribution in [0.15, 0.2) is 48.6 Å². The standard InChI is InChI=1S/C24H25NO7/c1-5-9-19(26)31-22-20-16(14-18(28-2)21(22)29-3)17-12-13-24(30-4,23(20)27)32-25(17)15-10-7-6-8-11-15/h6-8,10-14,17H,5,9H2,1-4H3/t17-,24+/m1/s1. The van der Waals surface area contributed by atoms with Crippen LogP contribution in [0.4, 0.5) is 5.69 Å². The first-order valence-corrected chi connectivity index (χ1v) is 10.3. The summed E-state index contributed by atoms with van der Waals surface area (Å²) in [6.45, 7) is 1.87. The molecule has 8 nitrogen and oxygen atoms in total. The van der Waals surface area contributed by atoms with E-state index in [1.807, 2.05) is 43.3 Å². The highest BCUT2D eigenvalue weighted by Crippen LogP contribution is 2.51. The molecule has 0 fully saturated rings. The van der Waals surface area contributed by atoms with Gasteiger partial charge in [0.15, 0.2) is 11.5 Å². The normalized spacial score (nSPS) is 21.2. The fourth-order valence-electron chi connectivity index (χ4n) is 3.95. The largest absolute Gasteiger partial charge is 0.493 e. The molecular weight excluding hydrogens is 414 g/mol. The fraction of sp³-hybridized carbons (Fsp3) is 0.333. The van der Waals surface area contributed by atoms with Gasteiger partial charge in [0.05, 0.1) is 25.5 Å². The van der Waals surface area contributed by atoms with Crippen molar-refractivity contribution in [1.29, 1.82) is 0 Å². The number of ketones is 1. The maximum absolute atomic E-state index is 13.8. The van der Waals surface area contributed by atoms with Crippen LogP contribution in [-0.4, -0.2) is 38.9 Å². The van der Waals surface area contributed by atoms with E-state index < -0.39 is 23.6 Å². The van der Waals surface area contributed by atoms with E-state index in [0.29, 0.717) is 17.7 Å². The molecule has 2 heterocycles. The molecule has 1 aliphatic carbocycles. The Hall–Kier alpha value is -3.36. The van der Waals surface area contributed by atoms with Crippen LogP contribution in [0.2, 0.25) is 0 Å². The number of para-hydroxylation sites is 1. The smallest absolute Gasteiger partial charge is 0.311 e. The number of benzene rings is 2. The molecule has 2 atom stereocenters. The van der Waals surface area contributed by atoms with E-state index in [-0.39, 0.29) is 23.5 Å². The monoisotopic (exact) mass is 439 g/mol. The lowest BCUT2D eigenvalue weighted by Gasteiger charge is -2.38. The molecule has 5 rings (SSSR count). The Labute approximate surface area is 186 Å². The van der Waals surface area contributed by atoms with Crippen LogP contribution < -0.4 is 19.3 Å². The average molecular weight is 439 g/mol. The quantitative estimate of drug-likeness (QED) is 0.364. The molecule has 0 spiro atoms. The highest BCUT2D eigenvalue weighted by Gasteiger charge is 2.52. The van der Waals surface area contributed by atoms with Gasteiger partial charge in [0.2, 0.25) is 11.5 Å². The summed E-state index contributed by atoms with van der Waals surface area (Å²) in [5.41, 5.74) is 1.43. The van der Waals surface area contributed by atoms with Crippen molar-refractivity contribution in [2.24, 2.45) is 0 Å². The Kier molecular flexibility index (Phi) is 5.90. The lowest BCUT2D eigenvalue weighted by Crippen LogP contribution is -2.48. The number of carbonyl (C=O) groups is 2. The number of nitrogens with zero attached hydrogens (tertiary/aromatic N) is 1. The molecule has 0 N–H and O–H groups in total. The lowest BCUT2D eigenvalue weighted by molar-refractivity contribution is -0.169. The molecule has 2 aliphatic heterocycles. The second-order valence-electron chi connectivity index (χ2n) is 7.39. The second kappa shape index (κ2) is 8.64. The van der Waals surface area contributed by atoms with Crippen LogP contribution in [0.3, 0.4) is 0 Å². The zero-order valence-electron chi connectivity index (χ0n) is 18.4. The zero-order valence-corrected chi connectivity index (χ0v) is 18.4. The average Bonchev–Trinajstić information content (AvgIpc) is 3.00. The fourth-order valence-corrected chi connectivity index (χ4v) is 3.95. The van der Waals surface area contributed by atoms with Gasteiger partial charge in [-0.3, -0.25) is 9.59 Å². The summed E-state index contributed by atoms with van der Waals surface area (Å²) >= 11 is 0. The number of Topliss-reactive ketones (excluding diaryl/α,β-unsaturated/α-hetero) is 1. The molecule has 3 aliphatic rings. The molecule has 2 aromatic rings. The number of rotatable bonds is 7. The third-order valence-corrected chi connectivity index (χ3v) is 5.49. The number of methoxy groups -OCH3 is 3. The number of hydrogen-bond donors (Lipinski definition) is 0. The van der Waals surface area contributed by atoms with Gasteiger partial charge in [-0.1, -0.05) is 31.2 Å². The maximum Gasteiger partial charge on any atom is 0.311 e. The second-order valence-corrected chi connectivity index (χ2v) is 7.39. The molecule has 0 saturated heterocycles. The van der Waals surface area contributed by atoms with E-state index in [1.165, 1.54) is 21.3 Å². The summed E-state index contributed by atoms with van der Waals surface area (Å²) in [6, 6.07) is 10.6. The Balaban J connectivity index is 1.99. The van der Waals surface area contributed by atoms with Crippen molar-refractivity contribution in [1.82, 2.24) is 0 Å². The maximum atomic E-state index is 13.8. The van der Waals surface area contributed by atoms with E-state index >= 15 is 0 Å². The van der Waals surface area contributed by atoms with Crippen molar-refractivity contribution in [3.05, 3.63) is 59.7 Å². The number of carbonyl (C=O) groups excluding carboxylic acids is 2. The molecule has 8 heteroatoms. The highest BCUT2D eigenvalue weighted by atomic mass is 16.8. The van der Waals surface area contributed by atoms with Crippen molar-refractivity contribution >= 4 is 17.4 Å². The third-order valence-electron chi connectivity index (χ3n) is 5.49. The molecule has 2 aromatic carbocycles. The van der Waals surface area contributed by atoms with Gasteiger partial charge in [0.25, 0.3) is 5.79 Å². The van der Waals surface area contributed by atoms with Crippen molar-refractivity contribution in [2.45, 2.75) is 31.6 Å². The zero-order chi connectivity index (χ0) is 22.9. The number of esters is 1. The van der Waals surface area contributed by atoms with Crippen LogP contribution in [0.1, 0.15) is 41.7 Å². The molecule has 2 bridgehead atoms. The predicted molar refractivity (Wildman–Crippen MR) is 116 cm³/mol. The first kappa shape index (κ1) is 21.9. The van der Waals surface area contributed by atoms with Gasteiger partial charge in [0.1, 0.15) is 6.04 Å². The van der Waals surface area contributed by atoms with Gasteiger partial charge in [-0.15, -0.1) is 0 Å². The minimum Gasteiger partial charge on any atom is -0.493 e. The number of anilines is 1. The van der Waals surface area contributed by atoms with Crippen molar-refractivity contribution < 1.29 is 33.4 Å². The van der Waals surface area contributed by atoms with E-state index in [0.717, 1.165) is 5.69 Å². The van der Waals surface area contributed by atoms with Gasteiger partial charge in [-0.2, -0.15) is 0 Å². The van der Waals surface area contributed by atoms with E-state index in [2.05, 4.69) is 0 Å². The SMILES string of the molecule is CCCC(=O)Oc1c(OC)c(OC)cc2c1C(=O)[C@]1(OC)C=C[C@H]2N(c2ccccc2)O1. The first-order chi connectivity index (χ1) is 15.5. The van der Waals surface area contributed by atoms with Crippen molar-refractivity contribution in [3.8, 4) is 17.2 Å². The highest BCUT2D eigenvalue weighted by molar-refractivity contribution is 6.09. The number of fused-ring (bicyclic) bond motifs is 1. The first-order valence-electron chi connectivity index (χ1n) is 10.3. The Morgan fingerprint density at radius 2 is 1.88 bits per heavy atom. The summed E-state index contributed by atoms with van der Waals surface area (Å²) in [5, 5.41) is 1.61. The minimum atomic E-state index is -1.73. The summed E-state index contributed by atoms with van der Waals surface area (Å²) in [7, 11) is 4.30. The predicted octanol–water partition coefficient (Wildman–Crippen LogP) is 4.00. The van der Waals surface area contributed by atoms with Crippen LogP contribution in [-0.2, 0) is 14.4 Å². The molecule has 0 aromatic heterocycles. The third kappa shape index (κ3) is 3.41. The van der Waals surface area contributed by atoms with E-state index in [9.17, 15) is 9.59 Å². The van der Waals surface area contributed by atoms with Crippen LogP contribution in [0, 0.1) is 0 Å². The van der Waals surface area contributed by atoms with Gasteiger partial charge < -0.3 is 18.9 Å². The number of hydroxylamine groups is 1. The molecule has 32 heavy (non-hydrogen) atoms. The molecule has 0 amide bonds. The van der Waals surface area contributed by atoms with Crippen LogP contribution in [0.5, 0.6) is 17.2 Å². The van der Waals surface area contributed by atoms with Crippen LogP contribution in [0.25, 0.3) is 0 Å². The van der Waals surface area contributed by atoms with Gasteiger partial charge >= 0.3 is 5.97 Å². The van der Waals surface area contributed by atoms with E-state index in [4.69, 9.17) is 23.8 Å². The van der Waals surface area contributed by atoms with Gasteiger partial charge in [-0.05, 0) is 36.3 Å². The van der Waals surface area contributed by atoms with Gasteiger partial charge in [0, 0.05) is 13.5 Å². The topological polar surface area (TPSA) is 83.5 Å². The van der Waals surface area contributed by atoms with Crippen molar-refractivity contribution in [3.63, 3.8) is 0 Å². The minimum absolute atomic E-state index is 0.000985. The molecule has 168 valence electrons. The number of ether oxygens (including phenoxy) is 4. The molecule has 0 saturated carbocycles. The molecule has 0 unspecified atom stereocenters. The summed E-state index contributed by atoms with van der Waals surface area (Å²) in [4.78, 5) is 32.4. The Morgan fingerprint density at radius 3 is 2.50 bits per heavy atom. The lowest BCUT2D eigenvalue weighted by atomic mass is 9.95. The van der Waals surface area contributed by atoms with Gasteiger partial charge in [-0.25, -0.2) is 9.90 Å². The Morgan fingerprint density at radius 1 is 1.12 bits per heavy atom. The van der Waals surface area contributed by atoms with E-state index in [1.54, 1.807) is 17.2 Å². The molecular formula is C24H25NO7. The summed E-state index contributed by atoms with van der Waals surface area (Å²) < 4.78 is 22.3. The van der Waals surface area contributed by atoms with Crippen LogP contribution >= 0.6 is 0 Å². The summed E-state index contributed by atoms with van der Waals surface area (Å²) in [6.07, 6.45) is 4.19. The number of hydrogen-bond acceptors (Lipinski definition) is 8. The Bertz CT molecular complexity index is 1070. The van der Waals surface area contributed by atoms with Crippen molar-refractivity contribution in [2.75, 3.05) is 26.4 Å².